The summed E-state index contributed by atoms with van der Waals surface area (Å²) in [5, 5.41) is 3.64. The first kappa shape index (κ1) is 13.8. The van der Waals surface area contributed by atoms with Crippen LogP contribution in [0.25, 0.3) is 0 Å². The molecule has 0 saturated carbocycles. The zero-order valence-electron chi connectivity index (χ0n) is 12.1. The minimum atomic E-state index is 0.369. The molecule has 0 radical (unpaired) electrons. The van der Waals surface area contributed by atoms with Crippen LogP contribution in [0.3, 0.4) is 0 Å². The number of nitrogens with one attached hydrogen (secondary N) is 1. The molecule has 2 aromatic carbocycles. The molecule has 0 saturated heterocycles. The van der Waals surface area contributed by atoms with Crippen molar-refractivity contribution in [2.24, 2.45) is 0 Å². The van der Waals surface area contributed by atoms with Gasteiger partial charge in [0.1, 0.15) is 0 Å². The van der Waals surface area contributed by atoms with E-state index >= 15 is 0 Å². The summed E-state index contributed by atoms with van der Waals surface area (Å²) >= 11 is 0. The highest BCUT2D eigenvalue weighted by molar-refractivity contribution is 5.33. The molecular formula is C18H23N. The molecule has 0 amide bonds. The second-order valence-corrected chi connectivity index (χ2v) is 5.09. The van der Waals surface area contributed by atoms with Crippen molar-refractivity contribution in [1.29, 1.82) is 0 Å². The maximum absolute atomic E-state index is 3.64. The van der Waals surface area contributed by atoms with Gasteiger partial charge >= 0.3 is 0 Å². The Morgan fingerprint density at radius 2 is 1.58 bits per heavy atom. The van der Waals surface area contributed by atoms with Gasteiger partial charge in [-0.3, -0.25) is 0 Å². The standard InChI is InChI=1S/C18H23N/c1-4-19-18(17-13-9-8-10-14(17)2)15(3)16-11-6-5-7-12-16/h5-13,15,18-19H,4H2,1-3H3. The summed E-state index contributed by atoms with van der Waals surface area (Å²) in [5.41, 5.74) is 4.15. The van der Waals surface area contributed by atoms with Gasteiger partial charge in [-0.15, -0.1) is 0 Å². The first-order valence-electron chi connectivity index (χ1n) is 7.08. The lowest BCUT2D eigenvalue weighted by molar-refractivity contribution is 0.477. The third-order valence-electron chi connectivity index (χ3n) is 3.77. The third-order valence-corrected chi connectivity index (χ3v) is 3.77. The normalized spacial score (nSPS) is 14.1. The van der Waals surface area contributed by atoms with Crippen molar-refractivity contribution in [1.82, 2.24) is 5.32 Å². The van der Waals surface area contributed by atoms with Gasteiger partial charge in [0.15, 0.2) is 0 Å². The number of aryl methyl sites for hydroxylation is 1. The lowest BCUT2D eigenvalue weighted by Crippen LogP contribution is -2.26. The molecule has 100 valence electrons. The van der Waals surface area contributed by atoms with Crippen molar-refractivity contribution >= 4 is 0 Å². The summed E-state index contributed by atoms with van der Waals surface area (Å²) in [7, 11) is 0. The lowest BCUT2D eigenvalue weighted by Gasteiger charge is -2.27. The summed E-state index contributed by atoms with van der Waals surface area (Å²) in [6.07, 6.45) is 0. The van der Waals surface area contributed by atoms with E-state index in [1.54, 1.807) is 0 Å². The van der Waals surface area contributed by atoms with Crippen molar-refractivity contribution in [2.45, 2.75) is 32.7 Å². The molecular weight excluding hydrogens is 230 g/mol. The van der Waals surface area contributed by atoms with E-state index in [-0.39, 0.29) is 0 Å². The summed E-state index contributed by atoms with van der Waals surface area (Å²) in [6, 6.07) is 19.8. The molecule has 0 aromatic heterocycles. The summed E-state index contributed by atoms with van der Waals surface area (Å²) < 4.78 is 0. The van der Waals surface area contributed by atoms with Crippen LogP contribution in [0.5, 0.6) is 0 Å². The van der Waals surface area contributed by atoms with Crippen molar-refractivity contribution in [3.05, 3.63) is 71.3 Å². The summed E-state index contributed by atoms with van der Waals surface area (Å²) in [4.78, 5) is 0. The first-order chi connectivity index (χ1) is 9.24. The second-order valence-electron chi connectivity index (χ2n) is 5.09. The molecule has 0 aliphatic carbocycles. The molecule has 19 heavy (non-hydrogen) atoms. The van der Waals surface area contributed by atoms with E-state index in [2.05, 4.69) is 80.7 Å². The topological polar surface area (TPSA) is 12.0 Å². The number of hydrogen-bond acceptors (Lipinski definition) is 1. The van der Waals surface area contributed by atoms with E-state index in [4.69, 9.17) is 0 Å². The Bertz CT molecular complexity index is 504. The van der Waals surface area contributed by atoms with Gasteiger partial charge in [-0.2, -0.15) is 0 Å². The maximum Gasteiger partial charge on any atom is 0.0389 e. The highest BCUT2D eigenvalue weighted by atomic mass is 14.9. The van der Waals surface area contributed by atoms with Crippen molar-refractivity contribution in [3.8, 4) is 0 Å². The van der Waals surface area contributed by atoms with Crippen LogP contribution in [0, 0.1) is 6.92 Å². The van der Waals surface area contributed by atoms with Crippen LogP contribution in [0.1, 0.15) is 42.5 Å². The quantitative estimate of drug-likeness (QED) is 0.830. The van der Waals surface area contributed by atoms with Gasteiger partial charge in [-0.05, 0) is 30.2 Å². The fourth-order valence-corrected chi connectivity index (χ4v) is 2.66. The molecule has 0 heterocycles. The van der Waals surface area contributed by atoms with E-state index in [9.17, 15) is 0 Å². The first-order valence-corrected chi connectivity index (χ1v) is 7.08. The molecule has 0 bridgehead atoms. The molecule has 1 nitrogen and oxygen atoms in total. The molecule has 1 heteroatoms. The van der Waals surface area contributed by atoms with Gasteiger partial charge in [0.05, 0.1) is 0 Å². The second kappa shape index (κ2) is 6.53. The average molecular weight is 253 g/mol. The van der Waals surface area contributed by atoms with Gasteiger partial charge in [0.25, 0.3) is 0 Å². The number of likely N-dealkylation sites (N-methyl/N-ethyl adjacent to an activating group) is 1. The molecule has 2 unspecified atom stereocenters. The minimum absolute atomic E-state index is 0.369. The van der Waals surface area contributed by atoms with Crippen LogP contribution in [-0.4, -0.2) is 6.54 Å². The molecule has 0 spiro atoms. The largest absolute Gasteiger partial charge is 0.310 e. The Hall–Kier alpha value is -1.60. The summed E-state index contributed by atoms with van der Waals surface area (Å²) in [5.74, 6) is 0.460. The predicted molar refractivity (Wildman–Crippen MR) is 82.5 cm³/mol. The fourth-order valence-electron chi connectivity index (χ4n) is 2.66. The van der Waals surface area contributed by atoms with Crippen molar-refractivity contribution in [3.63, 3.8) is 0 Å². The SMILES string of the molecule is CCNC(c1ccccc1C)C(C)c1ccccc1. The molecule has 2 atom stereocenters. The van der Waals surface area contributed by atoms with Crippen LogP contribution in [0.2, 0.25) is 0 Å². The Balaban J connectivity index is 2.33. The van der Waals surface area contributed by atoms with Crippen molar-refractivity contribution in [2.75, 3.05) is 6.54 Å². The number of hydrogen-bond donors (Lipinski definition) is 1. The van der Waals surface area contributed by atoms with Crippen molar-refractivity contribution < 1.29 is 0 Å². The highest BCUT2D eigenvalue weighted by Gasteiger charge is 2.20. The molecule has 1 N–H and O–H groups in total. The Morgan fingerprint density at radius 3 is 2.21 bits per heavy atom. The van der Waals surface area contributed by atoms with E-state index in [1.165, 1.54) is 16.7 Å². The lowest BCUT2D eigenvalue weighted by atomic mass is 9.86. The minimum Gasteiger partial charge on any atom is -0.310 e. The Morgan fingerprint density at radius 1 is 0.947 bits per heavy atom. The zero-order valence-corrected chi connectivity index (χ0v) is 12.1. The van der Waals surface area contributed by atoms with Crippen LogP contribution in [0.15, 0.2) is 54.6 Å². The van der Waals surface area contributed by atoms with Crippen LogP contribution >= 0.6 is 0 Å². The molecule has 2 rings (SSSR count). The van der Waals surface area contributed by atoms with E-state index in [0.717, 1.165) is 6.54 Å². The summed E-state index contributed by atoms with van der Waals surface area (Å²) in [6.45, 7) is 7.64. The van der Waals surface area contributed by atoms with E-state index in [1.807, 2.05) is 0 Å². The van der Waals surface area contributed by atoms with Gasteiger partial charge in [0, 0.05) is 12.0 Å². The van der Waals surface area contributed by atoms with Gasteiger partial charge < -0.3 is 5.32 Å². The van der Waals surface area contributed by atoms with Crippen LogP contribution in [0.4, 0.5) is 0 Å². The maximum atomic E-state index is 3.64. The predicted octanol–water partition coefficient (Wildman–Crippen LogP) is 4.45. The fraction of sp³-hybridized carbons (Fsp3) is 0.333. The highest BCUT2D eigenvalue weighted by Crippen LogP contribution is 2.31. The molecule has 0 fully saturated rings. The zero-order chi connectivity index (χ0) is 13.7. The molecule has 2 aromatic rings. The van der Waals surface area contributed by atoms with Gasteiger partial charge in [0.2, 0.25) is 0 Å². The molecule has 0 aliphatic rings. The van der Waals surface area contributed by atoms with Crippen LogP contribution < -0.4 is 5.32 Å². The molecule has 0 aliphatic heterocycles. The van der Waals surface area contributed by atoms with Gasteiger partial charge in [-0.1, -0.05) is 68.4 Å². The smallest absolute Gasteiger partial charge is 0.0389 e. The number of rotatable bonds is 5. The average Bonchev–Trinajstić information content (AvgIpc) is 2.46. The third kappa shape index (κ3) is 3.24. The Kier molecular flexibility index (Phi) is 4.75. The van der Waals surface area contributed by atoms with Crippen LogP contribution in [-0.2, 0) is 0 Å². The van der Waals surface area contributed by atoms with E-state index in [0.29, 0.717) is 12.0 Å². The van der Waals surface area contributed by atoms with E-state index < -0.39 is 0 Å². The number of benzene rings is 2. The monoisotopic (exact) mass is 253 g/mol. The Labute approximate surface area is 116 Å². The van der Waals surface area contributed by atoms with Gasteiger partial charge in [-0.25, -0.2) is 0 Å².